The molecule has 2 aliphatic heterocycles. The second-order valence-corrected chi connectivity index (χ2v) is 5.60. The van der Waals surface area contributed by atoms with Crippen LogP contribution < -0.4 is 5.32 Å². The molecule has 0 radical (unpaired) electrons. The largest absolute Gasteiger partial charge is 0.377 e. The van der Waals surface area contributed by atoms with Crippen molar-refractivity contribution in [2.75, 3.05) is 53.4 Å². The van der Waals surface area contributed by atoms with Crippen molar-refractivity contribution in [2.45, 2.75) is 31.4 Å². The Labute approximate surface area is 105 Å². The Morgan fingerprint density at radius 3 is 2.94 bits per heavy atom. The number of hydrogen-bond donors (Lipinski definition) is 1. The highest BCUT2D eigenvalue weighted by Crippen LogP contribution is 2.16. The SMILES string of the molecule is CN(C)CC1CNCCCN1CC1CCCO1. The summed E-state index contributed by atoms with van der Waals surface area (Å²) >= 11 is 0. The molecule has 0 amide bonds. The van der Waals surface area contributed by atoms with Crippen LogP contribution in [-0.2, 0) is 4.74 Å². The van der Waals surface area contributed by atoms with Crippen LogP contribution in [0.25, 0.3) is 0 Å². The number of nitrogens with zero attached hydrogens (tertiary/aromatic N) is 2. The molecule has 100 valence electrons. The molecule has 2 saturated heterocycles. The van der Waals surface area contributed by atoms with Gasteiger partial charge in [-0.1, -0.05) is 0 Å². The van der Waals surface area contributed by atoms with Gasteiger partial charge in [0.1, 0.15) is 0 Å². The van der Waals surface area contributed by atoms with Crippen molar-refractivity contribution in [3.8, 4) is 0 Å². The molecular formula is C13H27N3O. The van der Waals surface area contributed by atoms with Crippen LogP contribution in [0.4, 0.5) is 0 Å². The molecule has 2 heterocycles. The molecule has 2 atom stereocenters. The van der Waals surface area contributed by atoms with Crippen molar-refractivity contribution in [1.29, 1.82) is 0 Å². The van der Waals surface area contributed by atoms with E-state index in [9.17, 15) is 0 Å². The summed E-state index contributed by atoms with van der Waals surface area (Å²) in [5, 5.41) is 3.55. The smallest absolute Gasteiger partial charge is 0.0702 e. The molecule has 0 aromatic heterocycles. The normalized spacial score (nSPS) is 31.9. The van der Waals surface area contributed by atoms with E-state index in [0.29, 0.717) is 12.1 Å². The first-order valence-electron chi connectivity index (χ1n) is 6.97. The number of likely N-dealkylation sites (N-methyl/N-ethyl adjacent to an activating group) is 1. The standard InChI is InChI=1S/C13H27N3O/c1-15(2)10-12-9-14-6-4-7-16(12)11-13-5-3-8-17-13/h12-14H,3-11H2,1-2H3. The maximum Gasteiger partial charge on any atom is 0.0702 e. The van der Waals surface area contributed by atoms with Crippen LogP contribution in [0.5, 0.6) is 0 Å². The van der Waals surface area contributed by atoms with Crippen molar-refractivity contribution in [1.82, 2.24) is 15.1 Å². The van der Waals surface area contributed by atoms with Crippen LogP contribution in [-0.4, -0.2) is 75.4 Å². The van der Waals surface area contributed by atoms with Crippen LogP contribution in [0.1, 0.15) is 19.3 Å². The quantitative estimate of drug-likeness (QED) is 0.771. The average molecular weight is 241 g/mol. The number of rotatable bonds is 4. The fourth-order valence-corrected chi connectivity index (χ4v) is 2.88. The molecule has 1 N–H and O–H groups in total. The zero-order valence-corrected chi connectivity index (χ0v) is 11.3. The molecule has 2 fully saturated rings. The molecule has 2 unspecified atom stereocenters. The fourth-order valence-electron chi connectivity index (χ4n) is 2.88. The first-order chi connectivity index (χ1) is 8.25. The summed E-state index contributed by atoms with van der Waals surface area (Å²) in [6.45, 7) is 6.72. The molecule has 0 spiro atoms. The van der Waals surface area contributed by atoms with Gasteiger partial charge in [-0.3, -0.25) is 4.90 Å². The third-order valence-corrected chi connectivity index (χ3v) is 3.73. The van der Waals surface area contributed by atoms with Crippen molar-refractivity contribution < 1.29 is 4.74 Å². The van der Waals surface area contributed by atoms with Gasteiger partial charge in [-0.25, -0.2) is 0 Å². The van der Waals surface area contributed by atoms with E-state index in [4.69, 9.17) is 4.74 Å². The second kappa shape index (κ2) is 6.69. The zero-order chi connectivity index (χ0) is 12.1. The Kier molecular flexibility index (Phi) is 5.22. The van der Waals surface area contributed by atoms with Crippen molar-refractivity contribution >= 4 is 0 Å². The predicted octanol–water partition coefficient (Wildman–Crippen LogP) is 0.391. The van der Waals surface area contributed by atoms with Gasteiger partial charge in [0.2, 0.25) is 0 Å². The predicted molar refractivity (Wildman–Crippen MR) is 70.4 cm³/mol. The summed E-state index contributed by atoms with van der Waals surface area (Å²) in [5.41, 5.74) is 0. The Bertz CT molecular complexity index is 217. The lowest BCUT2D eigenvalue weighted by Crippen LogP contribution is -2.48. The first-order valence-corrected chi connectivity index (χ1v) is 6.97. The summed E-state index contributed by atoms with van der Waals surface area (Å²) in [6.07, 6.45) is 4.24. The number of ether oxygens (including phenoxy) is 1. The molecule has 4 heteroatoms. The highest BCUT2D eigenvalue weighted by molar-refractivity contribution is 4.82. The van der Waals surface area contributed by atoms with Gasteiger partial charge in [0.25, 0.3) is 0 Å². The van der Waals surface area contributed by atoms with Gasteiger partial charge >= 0.3 is 0 Å². The summed E-state index contributed by atoms with van der Waals surface area (Å²) < 4.78 is 5.77. The van der Waals surface area contributed by atoms with E-state index in [1.807, 2.05) is 0 Å². The van der Waals surface area contributed by atoms with Gasteiger partial charge in [0, 0.05) is 32.3 Å². The van der Waals surface area contributed by atoms with Crippen LogP contribution in [0, 0.1) is 0 Å². The van der Waals surface area contributed by atoms with Gasteiger partial charge in [-0.05, 0) is 46.4 Å². The molecular weight excluding hydrogens is 214 g/mol. The molecule has 2 aliphatic rings. The third-order valence-electron chi connectivity index (χ3n) is 3.73. The van der Waals surface area contributed by atoms with Gasteiger partial charge in [-0.2, -0.15) is 0 Å². The van der Waals surface area contributed by atoms with Crippen LogP contribution in [0.15, 0.2) is 0 Å². The van der Waals surface area contributed by atoms with E-state index < -0.39 is 0 Å². The minimum Gasteiger partial charge on any atom is -0.377 e. The van der Waals surface area contributed by atoms with Crippen molar-refractivity contribution in [2.24, 2.45) is 0 Å². The van der Waals surface area contributed by atoms with Crippen LogP contribution in [0.2, 0.25) is 0 Å². The zero-order valence-electron chi connectivity index (χ0n) is 11.3. The van der Waals surface area contributed by atoms with Gasteiger partial charge in [0.15, 0.2) is 0 Å². The van der Waals surface area contributed by atoms with E-state index in [0.717, 1.165) is 32.8 Å². The molecule has 4 nitrogen and oxygen atoms in total. The molecule has 0 saturated carbocycles. The fraction of sp³-hybridized carbons (Fsp3) is 1.00. The number of nitrogens with one attached hydrogen (secondary N) is 1. The summed E-state index contributed by atoms with van der Waals surface area (Å²) in [6, 6.07) is 0.636. The second-order valence-electron chi connectivity index (χ2n) is 5.60. The number of hydrogen-bond acceptors (Lipinski definition) is 4. The summed E-state index contributed by atoms with van der Waals surface area (Å²) in [7, 11) is 4.32. The van der Waals surface area contributed by atoms with Crippen LogP contribution in [0.3, 0.4) is 0 Å². The maximum absolute atomic E-state index is 5.77. The topological polar surface area (TPSA) is 27.7 Å². The monoisotopic (exact) mass is 241 g/mol. The molecule has 2 rings (SSSR count). The molecule has 0 aromatic rings. The third kappa shape index (κ3) is 4.21. The Morgan fingerprint density at radius 1 is 1.35 bits per heavy atom. The Morgan fingerprint density at radius 2 is 2.24 bits per heavy atom. The van der Waals surface area contributed by atoms with E-state index >= 15 is 0 Å². The van der Waals surface area contributed by atoms with Crippen molar-refractivity contribution in [3.63, 3.8) is 0 Å². The van der Waals surface area contributed by atoms with E-state index in [2.05, 4.69) is 29.2 Å². The van der Waals surface area contributed by atoms with Gasteiger partial charge in [-0.15, -0.1) is 0 Å². The van der Waals surface area contributed by atoms with E-state index in [1.165, 1.54) is 25.8 Å². The molecule has 0 bridgehead atoms. The highest BCUT2D eigenvalue weighted by atomic mass is 16.5. The molecule has 0 aliphatic carbocycles. The Hall–Kier alpha value is -0.160. The highest BCUT2D eigenvalue weighted by Gasteiger charge is 2.25. The minimum absolute atomic E-state index is 0.484. The van der Waals surface area contributed by atoms with Crippen LogP contribution >= 0.6 is 0 Å². The Balaban J connectivity index is 1.88. The van der Waals surface area contributed by atoms with E-state index in [1.54, 1.807) is 0 Å². The van der Waals surface area contributed by atoms with Gasteiger partial charge < -0.3 is 15.0 Å². The minimum atomic E-state index is 0.484. The lowest BCUT2D eigenvalue weighted by molar-refractivity contribution is 0.0548. The summed E-state index contributed by atoms with van der Waals surface area (Å²) in [4.78, 5) is 4.93. The van der Waals surface area contributed by atoms with Gasteiger partial charge in [0.05, 0.1) is 6.10 Å². The lowest BCUT2D eigenvalue weighted by Gasteiger charge is -2.33. The van der Waals surface area contributed by atoms with E-state index in [-0.39, 0.29) is 0 Å². The first kappa shape index (κ1) is 13.3. The molecule has 0 aromatic carbocycles. The van der Waals surface area contributed by atoms with Crippen molar-refractivity contribution in [3.05, 3.63) is 0 Å². The maximum atomic E-state index is 5.77. The molecule has 17 heavy (non-hydrogen) atoms. The average Bonchev–Trinajstić information content (AvgIpc) is 2.69. The lowest BCUT2D eigenvalue weighted by atomic mass is 10.1. The summed E-state index contributed by atoms with van der Waals surface area (Å²) in [5.74, 6) is 0.